The Balaban J connectivity index is 2.32. The molecule has 1 amide bonds. The number of carbonyl (C=O) groups excluding carboxylic acids is 1. The number of amides is 1. The third-order valence-electron chi connectivity index (χ3n) is 2.63. The zero-order valence-corrected chi connectivity index (χ0v) is 8.91. The summed E-state index contributed by atoms with van der Waals surface area (Å²) >= 11 is 0. The summed E-state index contributed by atoms with van der Waals surface area (Å²) in [5, 5.41) is 10.6. The molecule has 0 atom stereocenters. The predicted octanol–water partition coefficient (Wildman–Crippen LogP) is 1.52. The molecule has 1 rings (SSSR count). The minimum atomic E-state index is -1.07. The van der Waals surface area contributed by atoms with Gasteiger partial charge >= 0.3 is 12.1 Å². The van der Waals surface area contributed by atoms with Crippen molar-refractivity contribution in [2.45, 2.75) is 44.6 Å². The highest BCUT2D eigenvalue weighted by molar-refractivity contribution is 5.76. The minimum absolute atomic E-state index is 0.394. The lowest BCUT2D eigenvalue weighted by Gasteiger charge is -2.32. The van der Waals surface area contributed by atoms with Gasteiger partial charge in [0.1, 0.15) is 12.1 Å². The molecule has 86 valence electrons. The number of hydrogen-bond acceptors (Lipinski definition) is 3. The molecule has 0 aromatic carbocycles. The summed E-state index contributed by atoms with van der Waals surface area (Å²) < 4.78 is 5.22. The van der Waals surface area contributed by atoms with Gasteiger partial charge in [-0.2, -0.15) is 0 Å². The Kier molecular flexibility index (Phi) is 3.94. The maximum Gasteiger partial charge on any atom is 0.408 e. The zero-order valence-electron chi connectivity index (χ0n) is 8.91. The first-order valence-electron chi connectivity index (χ1n) is 5.20. The normalized spacial score (nSPS) is 19.3. The van der Waals surface area contributed by atoms with Crippen LogP contribution in [0.3, 0.4) is 0 Å². The standard InChI is InChI=1S/C10H17NO4/c1-10(5-3-2-4-6-10)15-9(14)11-7-8(12)13/h2-7H2,1H3,(H,11,14)(H,12,13). The van der Waals surface area contributed by atoms with Crippen molar-refractivity contribution in [1.29, 1.82) is 0 Å². The number of aliphatic carboxylic acids is 1. The molecular weight excluding hydrogens is 198 g/mol. The van der Waals surface area contributed by atoms with Gasteiger partial charge in [-0.1, -0.05) is 6.42 Å². The van der Waals surface area contributed by atoms with Crippen LogP contribution >= 0.6 is 0 Å². The molecule has 1 aliphatic rings. The molecule has 1 saturated carbocycles. The average Bonchev–Trinajstić information content (AvgIpc) is 2.15. The second-order valence-corrected chi connectivity index (χ2v) is 4.15. The fourth-order valence-corrected chi connectivity index (χ4v) is 1.81. The van der Waals surface area contributed by atoms with Crippen molar-refractivity contribution in [3.63, 3.8) is 0 Å². The fraction of sp³-hybridized carbons (Fsp3) is 0.800. The average molecular weight is 215 g/mol. The number of carboxylic acid groups (broad SMARTS) is 1. The van der Waals surface area contributed by atoms with E-state index in [1.807, 2.05) is 6.92 Å². The van der Waals surface area contributed by atoms with Gasteiger partial charge in [0, 0.05) is 0 Å². The van der Waals surface area contributed by atoms with Crippen molar-refractivity contribution >= 4 is 12.1 Å². The van der Waals surface area contributed by atoms with Gasteiger partial charge in [-0.15, -0.1) is 0 Å². The van der Waals surface area contributed by atoms with Crippen LogP contribution < -0.4 is 5.32 Å². The Labute approximate surface area is 88.8 Å². The van der Waals surface area contributed by atoms with E-state index < -0.39 is 24.2 Å². The van der Waals surface area contributed by atoms with E-state index in [4.69, 9.17) is 9.84 Å². The van der Waals surface area contributed by atoms with Crippen molar-refractivity contribution in [2.75, 3.05) is 6.54 Å². The summed E-state index contributed by atoms with van der Waals surface area (Å²) in [4.78, 5) is 21.4. The van der Waals surface area contributed by atoms with E-state index in [1.165, 1.54) is 6.42 Å². The smallest absolute Gasteiger partial charge is 0.408 e. The monoisotopic (exact) mass is 215 g/mol. The van der Waals surface area contributed by atoms with Gasteiger partial charge in [-0.3, -0.25) is 4.79 Å². The first-order chi connectivity index (χ1) is 7.02. The van der Waals surface area contributed by atoms with Crippen molar-refractivity contribution in [3.8, 4) is 0 Å². The van der Waals surface area contributed by atoms with E-state index in [2.05, 4.69) is 5.32 Å². The molecule has 5 nitrogen and oxygen atoms in total. The number of carbonyl (C=O) groups is 2. The van der Waals surface area contributed by atoms with Crippen LogP contribution in [0, 0.1) is 0 Å². The largest absolute Gasteiger partial charge is 0.480 e. The lowest BCUT2D eigenvalue weighted by Crippen LogP contribution is -2.39. The van der Waals surface area contributed by atoms with Crippen LogP contribution in [0.25, 0.3) is 0 Å². The minimum Gasteiger partial charge on any atom is -0.480 e. The summed E-state index contributed by atoms with van der Waals surface area (Å²) in [6, 6.07) is 0. The van der Waals surface area contributed by atoms with E-state index >= 15 is 0 Å². The van der Waals surface area contributed by atoms with Crippen LogP contribution in [0.5, 0.6) is 0 Å². The Morgan fingerprint density at radius 2 is 1.93 bits per heavy atom. The maximum atomic E-state index is 11.2. The van der Waals surface area contributed by atoms with E-state index in [1.54, 1.807) is 0 Å². The van der Waals surface area contributed by atoms with Crippen LogP contribution in [0.2, 0.25) is 0 Å². The molecule has 0 spiro atoms. The van der Waals surface area contributed by atoms with Crippen LogP contribution in [-0.4, -0.2) is 29.3 Å². The summed E-state index contributed by atoms with van der Waals surface area (Å²) in [6.07, 6.45) is 4.36. The van der Waals surface area contributed by atoms with Crippen molar-refractivity contribution in [1.82, 2.24) is 5.32 Å². The Bertz CT molecular complexity index is 246. The Hall–Kier alpha value is -1.26. The number of ether oxygens (including phenoxy) is 1. The molecule has 0 aromatic heterocycles. The summed E-state index contributed by atoms with van der Waals surface area (Å²) in [7, 11) is 0. The fourth-order valence-electron chi connectivity index (χ4n) is 1.81. The van der Waals surface area contributed by atoms with E-state index in [9.17, 15) is 9.59 Å². The number of rotatable bonds is 3. The van der Waals surface area contributed by atoms with Gasteiger partial charge in [0.25, 0.3) is 0 Å². The molecule has 1 aliphatic carbocycles. The van der Waals surface area contributed by atoms with Crippen LogP contribution in [0.4, 0.5) is 4.79 Å². The summed E-state index contributed by atoms with van der Waals surface area (Å²) in [5.41, 5.74) is -0.416. The van der Waals surface area contributed by atoms with Gasteiger partial charge in [-0.05, 0) is 32.6 Å². The molecule has 0 heterocycles. The summed E-state index contributed by atoms with van der Waals surface area (Å²) in [5.74, 6) is -1.07. The molecule has 15 heavy (non-hydrogen) atoms. The first-order valence-corrected chi connectivity index (χ1v) is 5.20. The second-order valence-electron chi connectivity index (χ2n) is 4.15. The third kappa shape index (κ3) is 4.18. The predicted molar refractivity (Wildman–Crippen MR) is 53.6 cm³/mol. The molecule has 1 fully saturated rings. The van der Waals surface area contributed by atoms with Gasteiger partial charge < -0.3 is 15.2 Å². The van der Waals surface area contributed by atoms with Gasteiger partial charge in [0.2, 0.25) is 0 Å². The molecule has 0 bridgehead atoms. The van der Waals surface area contributed by atoms with Gasteiger partial charge in [-0.25, -0.2) is 4.79 Å². The van der Waals surface area contributed by atoms with E-state index in [0.29, 0.717) is 0 Å². The molecule has 5 heteroatoms. The van der Waals surface area contributed by atoms with Gasteiger partial charge in [0.05, 0.1) is 0 Å². The van der Waals surface area contributed by atoms with Crippen molar-refractivity contribution < 1.29 is 19.4 Å². The molecule has 0 aliphatic heterocycles. The molecular formula is C10H17NO4. The molecule has 0 aromatic rings. The quantitative estimate of drug-likeness (QED) is 0.748. The van der Waals surface area contributed by atoms with Crippen molar-refractivity contribution in [2.24, 2.45) is 0 Å². The summed E-state index contributed by atoms with van der Waals surface area (Å²) in [6.45, 7) is 1.50. The highest BCUT2D eigenvalue weighted by Gasteiger charge is 2.30. The van der Waals surface area contributed by atoms with E-state index in [0.717, 1.165) is 25.7 Å². The van der Waals surface area contributed by atoms with Crippen molar-refractivity contribution in [3.05, 3.63) is 0 Å². The molecule has 0 saturated heterocycles. The Morgan fingerprint density at radius 3 is 2.47 bits per heavy atom. The second kappa shape index (κ2) is 5.00. The van der Waals surface area contributed by atoms with E-state index in [-0.39, 0.29) is 0 Å². The van der Waals surface area contributed by atoms with Crippen LogP contribution in [0.15, 0.2) is 0 Å². The number of hydrogen-bond donors (Lipinski definition) is 2. The van der Waals surface area contributed by atoms with Crippen LogP contribution in [0.1, 0.15) is 39.0 Å². The molecule has 0 unspecified atom stereocenters. The van der Waals surface area contributed by atoms with Gasteiger partial charge in [0.15, 0.2) is 0 Å². The molecule has 0 radical (unpaired) electrons. The lowest BCUT2D eigenvalue weighted by molar-refractivity contribution is -0.136. The number of carboxylic acids is 1. The lowest BCUT2D eigenvalue weighted by atomic mass is 9.86. The Morgan fingerprint density at radius 1 is 1.33 bits per heavy atom. The maximum absolute atomic E-state index is 11.2. The SMILES string of the molecule is CC1(OC(=O)NCC(=O)O)CCCCC1. The third-order valence-corrected chi connectivity index (χ3v) is 2.63. The number of alkyl carbamates (subject to hydrolysis) is 1. The number of nitrogens with one attached hydrogen (secondary N) is 1. The first kappa shape index (κ1) is 11.8. The zero-order chi connectivity index (χ0) is 11.3. The topological polar surface area (TPSA) is 75.6 Å². The molecule has 2 N–H and O–H groups in total. The highest BCUT2D eigenvalue weighted by atomic mass is 16.6. The highest BCUT2D eigenvalue weighted by Crippen LogP contribution is 2.30. The van der Waals surface area contributed by atoms with Crippen LogP contribution in [-0.2, 0) is 9.53 Å².